The maximum Gasteiger partial charge on any atom is 0.0419 e. The zero-order valence-electron chi connectivity index (χ0n) is 12.9. The Balaban J connectivity index is 1.58. The van der Waals surface area contributed by atoms with Crippen LogP contribution in [0.3, 0.4) is 0 Å². The van der Waals surface area contributed by atoms with Gasteiger partial charge < -0.3 is 10.6 Å². The molecular formula is C19H24N2. The van der Waals surface area contributed by atoms with Crippen molar-refractivity contribution in [3.63, 3.8) is 0 Å². The van der Waals surface area contributed by atoms with Crippen LogP contribution >= 0.6 is 0 Å². The van der Waals surface area contributed by atoms with Crippen molar-refractivity contribution in [3.8, 4) is 0 Å². The molecule has 21 heavy (non-hydrogen) atoms. The molecule has 0 saturated carbocycles. The average molecular weight is 280 g/mol. The van der Waals surface area contributed by atoms with Crippen molar-refractivity contribution in [2.75, 3.05) is 11.9 Å². The van der Waals surface area contributed by atoms with Gasteiger partial charge in [0.2, 0.25) is 0 Å². The van der Waals surface area contributed by atoms with E-state index in [1.54, 1.807) is 0 Å². The van der Waals surface area contributed by atoms with Crippen LogP contribution in [0.2, 0.25) is 0 Å². The Kier molecular flexibility index (Phi) is 4.26. The van der Waals surface area contributed by atoms with E-state index in [0.717, 1.165) is 26.1 Å². The highest BCUT2D eigenvalue weighted by Crippen LogP contribution is 2.26. The van der Waals surface area contributed by atoms with Gasteiger partial charge in [-0.3, -0.25) is 0 Å². The fourth-order valence-electron chi connectivity index (χ4n) is 2.92. The number of hydrogen-bond acceptors (Lipinski definition) is 2. The molecular weight excluding hydrogens is 256 g/mol. The second-order valence-electron chi connectivity index (χ2n) is 6.13. The molecule has 2 heteroatoms. The lowest BCUT2D eigenvalue weighted by Gasteiger charge is -2.11. The predicted molar refractivity (Wildman–Crippen MR) is 89.7 cm³/mol. The third-order valence-corrected chi connectivity index (χ3v) is 4.22. The number of rotatable bonds is 5. The van der Waals surface area contributed by atoms with E-state index in [4.69, 9.17) is 0 Å². The summed E-state index contributed by atoms with van der Waals surface area (Å²) in [5.41, 5.74) is 6.93. The highest BCUT2D eigenvalue weighted by Gasteiger charge is 2.12. The van der Waals surface area contributed by atoms with E-state index in [1.165, 1.54) is 27.9 Å². The first-order chi connectivity index (χ1) is 10.2. The van der Waals surface area contributed by atoms with E-state index >= 15 is 0 Å². The Hall–Kier alpha value is -1.80. The normalized spacial score (nSPS) is 13.3. The molecule has 0 aliphatic carbocycles. The quantitative estimate of drug-likeness (QED) is 0.862. The third kappa shape index (κ3) is 3.27. The Morgan fingerprint density at radius 2 is 1.86 bits per heavy atom. The third-order valence-electron chi connectivity index (χ3n) is 4.22. The highest BCUT2D eigenvalue weighted by atomic mass is 14.9. The first kappa shape index (κ1) is 14.2. The molecule has 2 aromatic carbocycles. The predicted octanol–water partition coefficient (Wildman–Crippen LogP) is 4.07. The van der Waals surface area contributed by atoms with Gasteiger partial charge in [-0.15, -0.1) is 0 Å². The molecule has 0 radical (unpaired) electrons. The maximum atomic E-state index is 3.56. The molecule has 0 amide bonds. The lowest BCUT2D eigenvalue weighted by Crippen LogP contribution is -2.13. The summed E-state index contributed by atoms with van der Waals surface area (Å²) >= 11 is 0. The molecule has 0 fully saturated rings. The van der Waals surface area contributed by atoms with Crippen LogP contribution in [0.4, 0.5) is 5.69 Å². The van der Waals surface area contributed by atoms with E-state index in [-0.39, 0.29) is 0 Å². The molecule has 1 aliphatic heterocycles. The summed E-state index contributed by atoms with van der Waals surface area (Å²) in [6.45, 7) is 7.37. The van der Waals surface area contributed by atoms with Gasteiger partial charge in [0.05, 0.1) is 0 Å². The molecule has 3 rings (SSSR count). The van der Waals surface area contributed by atoms with E-state index < -0.39 is 0 Å². The van der Waals surface area contributed by atoms with Crippen LogP contribution in [0.5, 0.6) is 0 Å². The van der Waals surface area contributed by atoms with Gasteiger partial charge in [-0.05, 0) is 34.6 Å². The molecule has 110 valence electrons. The standard InChI is InChI=1S/C19H24N2/c1-14(2)16-8-6-15(7-9-16)12-20-13-18-5-3-4-17-10-11-21-19(17)18/h3-9,14,20-21H,10-13H2,1-2H3. The molecule has 1 aliphatic rings. The summed E-state index contributed by atoms with van der Waals surface area (Å²) in [5, 5.41) is 7.05. The number of para-hydroxylation sites is 1. The Labute approximate surface area is 127 Å². The molecule has 2 nitrogen and oxygen atoms in total. The van der Waals surface area contributed by atoms with Crippen LogP contribution < -0.4 is 10.6 Å². The van der Waals surface area contributed by atoms with Crippen LogP contribution in [0.15, 0.2) is 42.5 Å². The largest absolute Gasteiger partial charge is 0.384 e. The lowest BCUT2D eigenvalue weighted by molar-refractivity contribution is 0.693. The summed E-state index contributed by atoms with van der Waals surface area (Å²) < 4.78 is 0. The summed E-state index contributed by atoms with van der Waals surface area (Å²) in [7, 11) is 0. The minimum Gasteiger partial charge on any atom is -0.384 e. The molecule has 0 bridgehead atoms. The lowest BCUT2D eigenvalue weighted by atomic mass is 10.0. The van der Waals surface area contributed by atoms with Crippen LogP contribution in [-0.4, -0.2) is 6.54 Å². The summed E-state index contributed by atoms with van der Waals surface area (Å²) in [4.78, 5) is 0. The summed E-state index contributed by atoms with van der Waals surface area (Å²) in [6, 6.07) is 15.6. The van der Waals surface area contributed by atoms with Crippen molar-refractivity contribution < 1.29 is 0 Å². The van der Waals surface area contributed by atoms with Gasteiger partial charge >= 0.3 is 0 Å². The Morgan fingerprint density at radius 1 is 1.05 bits per heavy atom. The zero-order valence-corrected chi connectivity index (χ0v) is 12.9. The molecule has 2 N–H and O–H groups in total. The van der Waals surface area contributed by atoms with Gasteiger partial charge in [0.15, 0.2) is 0 Å². The van der Waals surface area contributed by atoms with Gasteiger partial charge in [0.25, 0.3) is 0 Å². The van der Waals surface area contributed by atoms with E-state index in [1.807, 2.05) is 0 Å². The molecule has 0 spiro atoms. The van der Waals surface area contributed by atoms with Gasteiger partial charge in [0, 0.05) is 25.3 Å². The number of fused-ring (bicyclic) bond motifs is 1. The SMILES string of the molecule is CC(C)c1ccc(CNCc2cccc3c2NCC3)cc1. The first-order valence-corrected chi connectivity index (χ1v) is 7.88. The van der Waals surface area contributed by atoms with Gasteiger partial charge in [-0.2, -0.15) is 0 Å². The Morgan fingerprint density at radius 3 is 2.62 bits per heavy atom. The fourth-order valence-corrected chi connectivity index (χ4v) is 2.92. The van der Waals surface area contributed by atoms with Crippen molar-refractivity contribution in [1.29, 1.82) is 0 Å². The molecule has 0 saturated heterocycles. The van der Waals surface area contributed by atoms with Crippen molar-refractivity contribution in [2.45, 2.75) is 39.3 Å². The zero-order chi connectivity index (χ0) is 14.7. The first-order valence-electron chi connectivity index (χ1n) is 7.88. The summed E-state index contributed by atoms with van der Waals surface area (Å²) in [5.74, 6) is 0.602. The number of benzene rings is 2. The molecule has 1 heterocycles. The van der Waals surface area contributed by atoms with Crippen molar-refractivity contribution >= 4 is 5.69 Å². The summed E-state index contributed by atoms with van der Waals surface area (Å²) in [6.07, 6.45) is 1.15. The van der Waals surface area contributed by atoms with Crippen molar-refractivity contribution in [1.82, 2.24) is 5.32 Å². The minimum absolute atomic E-state index is 0.602. The van der Waals surface area contributed by atoms with Crippen molar-refractivity contribution in [2.24, 2.45) is 0 Å². The van der Waals surface area contributed by atoms with E-state index in [0.29, 0.717) is 5.92 Å². The average Bonchev–Trinajstić information content (AvgIpc) is 2.97. The smallest absolute Gasteiger partial charge is 0.0419 e. The van der Waals surface area contributed by atoms with Gasteiger partial charge in [-0.1, -0.05) is 56.3 Å². The van der Waals surface area contributed by atoms with Crippen LogP contribution in [0.25, 0.3) is 0 Å². The Bertz CT molecular complexity index is 599. The second-order valence-corrected chi connectivity index (χ2v) is 6.13. The molecule has 0 aromatic heterocycles. The molecule has 2 aromatic rings. The van der Waals surface area contributed by atoms with Crippen LogP contribution in [0.1, 0.15) is 42.0 Å². The minimum atomic E-state index is 0.602. The van der Waals surface area contributed by atoms with Crippen LogP contribution in [-0.2, 0) is 19.5 Å². The number of nitrogens with one attached hydrogen (secondary N) is 2. The molecule has 0 unspecified atom stereocenters. The van der Waals surface area contributed by atoms with Crippen molar-refractivity contribution in [3.05, 3.63) is 64.7 Å². The van der Waals surface area contributed by atoms with Gasteiger partial charge in [-0.25, -0.2) is 0 Å². The number of hydrogen-bond donors (Lipinski definition) is 2. The van der Waals surface area contributed by atoms with E-state index in [9.17, 15) is 0 Å². The van der Waals surface area contributed by atoms with Gasteiger partial charge in [0.1, 0.15) is 0 Å². The molecule has 0 atom stereocenters. The van der Waals surface area contributed by atoms with Crippen LogP contribution in [0, 0.1) is 0 Å². The maximum absolute atomic E-state index is 3.56. The number of anilines is 1. The highest BCUT2D eigenvalue weighted by molar-refractivity contribution is 5.61. The second kappa shape index (κ2) is 6.31. The fraction of sp³-hybridized carbons (Fsp3) is 0.368. The van der Waals surface area contributed by atoms with E-state index in [2.05, 4.69) is 66.9 Å². The monoisotopic (exact) mass is 280 g/mol. The topological polar surface area (TPSA) is 24.1 Å².